The Labute approximate surface area is 130 Å². The van der Waals surface area contributed by atoms with Crippen molar-refractivity contribution in [2.75, 3.05) is 22.9 Å². The van der Waals surface area contributed by atoms with E-state index in [1.165, 1.54) is 6.08 Å². The first-order valence-corrected chi connectivity index (χ1v) is 7.71. The molecule has 1 aliphatic carbocycles. The molecule has 0 fully saturated rings. The molecular weight excluding hydrogens is 276 g/mol. The van der Waals surface area contributed by atoms with E-state index >= 15 is 0 Å². The fourth-order valence-electron chi connectivity index (χ4n) is 3.17. The number of hydrogen-bond acceptors (Lipinski definition) is 2. The zero-order chi connectivity index (χ0) is 15.5. The highest BCUT2D eigenvalue weighted by Crippen LogP contribution is 2.35. The van der Waals surface area contributed by atoms with Crippen LogP contribution in [-0.4, -0.2) is 24.9 Å². The molecule has 2 amide bonds. The van der Waals surface area contributed by atoms with Crippen LogP contribution < -0.4 is 9.80 Å². The normalized spacial score (nSPS) is 20.5. The number of amides is 2. The maximum atomic E-state index is 12.8. The van der Waals surface area contributed by atoms with Crippen LogP contribution in [0.4, 0.5) is 11.4 Å². The van der Waals surface area contributed by atoms with Crippen molar-refractivity contribution in [3.05, 3.63) is 49.1 Å². The van der Waals surface area contributed by atoms with E-state index in [1.54, 1.807) is 4.90 Å². The maximum absolute atomic E-state index is 12.8. The number of hydrogen-bond donors (Lipinski definition) is 0. The van der Waals surface area contributed by atoms with Crippen LogP contribution in [0.1, 0.15) is 19.3 Å². The molecule has 1 heterocycles. The molecule has 2 aliphatic rings. The van der Waals surface area contributed by atoms with Gasteiger partial charge in [-0.2, -0.15) is 0 Å². The summed E-state index contributed by atoms with van der Waals surface area (Å²) in [6, 6.07) is 7.59. The highest BCUT2D eigenvalue weighted by molar-refractivity contribution is 6.07. The molecular formula is C18H20N2O2. The minimum atomic E-state index is -0.125. The summed E-state index contributed by atoms with van der Waals surface area (Å²) in [5.41, 5.74) is 1.61. The number of carbonyl (C=O) groups excluding carboxylic acids is 2. The summed E-state index contributed by atoms with van der Waals surface area (Å²) in [5, 5.41) is 0. The molecule has 4 heteroatoms. The first kappa shape index (κ1) is 14.6. The number of para-hydroxylation sites is 2. The standard InChI is InChI=1S/C18H20N2O2/c1-2-17(21)19-12-13-20(16-11-7-6-10-15(16)19)18(22)14-8-4-3-5-9-14/h2-4,6-7,10-11,14H,1,5,8-9,12-13H2/t14-/m0/s1. The second-order valence-electron chi connectivity index (χ2n) is 5.65. The molecule has 22 heavy (non-hydrogen) atoms. The molecule has 4 nitrogen and oxygen atoms in total. The van der Waals surface area contributed by atoms with Crippen molar-refractivity contribution in [2.24, 2.45) is 5.92 Å². The van der Waals surface area contributed by atoms with Gasteiger partial charge in [-0.05, 0) is 37.5 Å². The Kier molecular flexibility index (Phi) is 4.09. The third kappa shape index (κ3) is 2.56. The monoisotopic (exact) mass is 296 g/mol. The zero-order valence-electron chi connectivity index (χ0n) is 12.6. The Balaban J connectivity index is 1.90. The molecule has 0 spiro atoms. The van der Waals surface area contributed by atoms with Gasteiger partial charge in [0.1, 0.15) is 0 Å². The molecule has 1 aliphatic heterocycles. The molecule has 0 N–H and O–H groups in total. The third-order valence-electron chi connectivity index (χ3n) is 4.34. The lowest BCUT2D eigenvalue weighted by atomic mass is 9.92. The summed E-state index contributed by atoms with van der Waals surface area (Å²) in [5.74, 6) is 0.0994. The molecule has 1 aromatic rings. The van der Waals surface area contributed by atoms with Gasteiger partial charge >= 0.3 is 0 Å². The van der Waals surface area contributed by atoms with Crippen molar-refractivity contribution in [3.63, 3.8) is 0 Å². The molecule has 0 aromatic heterocycles. The predicted octanol–water partition coefficient (Wildman–Crippen LogP) is 2.91. The summed E-state index contributed by atoms with van der Waals surface area (Å²) in [7, 11) is 0. The van der Waals surface area contributed by atoms with Crippen molar-refractivity contribution >= 4 is 23.2 Å². The Hall–Kier alpha value is -2.36. The number of fused-ring (bicyclic) bond motifs is 1. The molecule has 0 radical (unpaired) electrons. The first-order chi connectivity index (χ1) is 10.7. The molecule has 1 atom stereocenters. The van der Waals surface area contributed by atoms with Gasteiger partial charge in [0.2, 0.25) is 5.91 Å². The second kappa shape index (κ2) is 6.18. The Morgan fingerprint density at radius 1 is 1.09 bits per heavy atom. The zero-order valence-corrected chi connectivity index (χ0v) is 12.6. The van der Waals surface area contributed by atoms with Crippen LogP contribution >= 0.6 is 0 Å². The van der Waals surface area contributed by atoms with Gasteiger partial charge < -0.3 is 9.80 Å². The molecule has 0 saturated carbocycles. The summed E-state index contributed by atoms with van der Waals surface area (Å²) < 4.78 is 0. The largest absolute Gasteiger partial charge is 0.308 e. The van der Waals surface area contributed by atoms with Gasteiger partial charge in [-0.15, -0.1) is 0 Å². The quantitative estimate of drug-likeness (QED) is 0.622. The van der Waals surface area contributed by atoms with Crippen molar-refractivity contribution in [1.82, 2.24) is 0 Å². The number of benzene rings is 1. The predicted molar refractivity (Wildman–Crippen MR) is 87.8 cm³/mol. The topological polar surface area (TPSA) is 40.6 Å². The molecule has 114 valence electrons. The second-order valence-corrected chi connectivity index (χ2v) is 5.65. The molecule has 0 bridgehead atoms. The van der Waals surface area contributed by atoms with Crippen LogP contribution in [0.2, 0.25) is 0 Å². The van der Waals surface area contributed by atoms with E-state index in [0.29, 0.717) is 13.1 Å². The smallest absolute Gasteiger partial charge is 0.250 e. The van der Waals surface area contributed by atoms with Crippen molar-refractivity contribution in [3.8, 4) is 0 Å². The number of allylic oxidation sites excluding steroid dienone is 2. The van der Waals surface area contributed by atoms with Gasteiger partial charge in [0.25, 0.3) is 5.91 Å². The van der Waals surface area contributed by atoms with E-state index in [0.717, 1.165) is 30.6 Å². The van der Waals surface area contributed by atoms with Crippen molar-refractivity contribution < 1.29 is 9.59 Å². The Morgan fingerprint density at radius 3 is 2.41 bits per heavy atom. The highest BCUT2D eigenvalue weighted by Gasteiger charge is 2.32. The van der Waals surface area contributed by atoms with Gasteiger partial charge in [-0.25, -0.2) is 0 Å². The minimum absolute atomic E-state index is 0.0553. The summed E-state index contributed by atoms with van der Waals surface area (Å²) in [4.78, 5) is 28.4. The van der Waals surface area contributed by atoms with Gasteiger partial charge in [0.05, 0.1) is 11.4 Å². The summed E-state index contributed by atoms with van der Waals surface area (Å²) in [6.45, 7) is 4.60. The van der Waals surface area contributed by atoms with Gasteiger partial charge in [-0.1, -0.05) is 30.9 Å². The summed E-state index contributed by atoms with van der Waals surface area (Å²) >= 11 is 0. The lowest BCUT2D eigenvalue weighted by Crippen LogP contribution is -2.47. The third-order valence-corrected chi connectivity index (χ3v) is 4.34. The lowest BCUT2D eigenvalue weighted by Gasteiger charge is -2.37. The maximum Gasteiger partial charge on any atom is 0.250 e. The van der Waals surface area contributed by atoms with E-state index in [-0.39, 0.29) is 17.7 Å². The fraction of sp³-hybridized carbons (Fsp3) is 0.333. The lowest BCUT2D eigenvalue weighted by molar-refractivity contribution is -0.123. The number of anilines is 2. The van der Waals surface area contributed by atoms with Crippen LogP contribution in [0.3, 0.4) is 0 Å². The van der Waals surface area contributed by atoms with Crippen LogP contribution in [0.5, 0.6) is 0 Å². The summed E-state index contributed by atoms with van der Waals surface area (Å²) in [6.07, 6.45) is 8.23. The average Bonchev–Trinajstić information content (AvgIpc) is 2.60. The van der Waals surface area contributed by atoms with Crippen LogP contribution in [0.15, 0.2) is 49.1 Å². The van der Waals surface area contributed by atoms with E-state index < -0.39 is 0 Å². The van der Waals surface area contributed by atoms with Gasteiger partial charge in [0, 0.05) is 19.0 Å². The van der Waals surface area contributed by atoms with E-state index in [4.69, 9.17) is 0 Å². The minimum Gasteiger partial charge on any atom is -0.308 e. The molecule has 0 saturated heterocycles. The average molecular weight is 296 g/mol. The molecule has 1 aromatic carbocycles. The number of carbonyl (C=O) groups is 2. The highest BCUT2D eigenvalue weighted by atomic mass is 16.2. The van der Waals surface area contributed by atoms with Crippen molar-refractivity contribution in [1.29, 1.82) is 0 Å². The van der Waals surface area contributed by atoms with Crippen LogP contribution in [-0.2, 0) is 9.59 Å². The first-order valence-electron chi connectivity index (χ1n) is 7.71. The fourth-order valence-corrected chi connectivity index (χ4v) is 3.17. The van der Waals surface area contributed by atoms with Gasteiger partial charge in [0.15, 0.2) is 0 Å². The Bertz CT molecular complexity index is 636. The number of rotatable bonds is 2. The number of nitrogens with zero attached hydrogens (tertiary/aromatic N) is 2. The van der Waals surface area contributed by atoms with Crippen LogP contribution in [0, 0.1) is 5.92 Å². The van der Waals surface area contributed by atoms with E-state index in [9.17, 15) is 9.59 Å². The SMILES string of the molecule is C=CC(=O)N1CCN(C(=O)[C@H]2CC=CCC2)c2ccccc21. The van der Waals surface area contributed by atoms with Gasteiger partial charge in [-0.3, -0.25) is 9.59 Å². The Morgan fingerprint density at radius 2 is 1.77 bits per heavy atom. The van der Waals surface area contributed by atoms with Crippen molar-refractivity contribution in [2.45, 2.75) is 19.3 Å². The van der Waals surface area contributed by atoms with E-state index in [1.807, 2.05) is 29.2 Å². The molecule has 3 rings (SSSR count). The molecule has 0 unspecified atom stereocenters. The van der Waals surface area contributed by atoms with E-state index in [2.05, 4.69) is 18.7 Å². The van der Waals surface area contributed by atoms with Crippen LogP contribution in [0.25, 0.3) is 0 Å².